The first-order valence-electron chi connectivity index (χ1n) is 9.55. The predicted molar refractivity (Wildman–Crippen MR) is 104 cm³/mol. The van der Waals surface area contributed by atoms with Crippen LogP contribution in [-0.4, -0.2) is 50.3 Å². The lowest BCUT2D eigenvalue weighted by Crippen LogP contribution is -2.50. The summed E-state index contributed by atoms with van der Waals surface area (Å²) in [5, 5.41) is 0. The van der Waals surface area contributed by atoms with E-state index in [1.165, 1.54) is 12.1 Å². The van der Waals surface area contributed by atoms with Crippen LogP contribution < -0.4 is 0 Å². The number of carbonyl (C=O) groups is 2. The summed E-state index contributed by atoms with van der Waals surface area (Å²) in [4.78, 5) is 33.9. The van der Waals surface area contributed by atoms with Crippen LogP contribution in [0.4, 0.5) is 4.39 Å². The summed E-state index contributed by atoms with van der Waals surface area (Å²) >= 11 is 0. The summed E-state index contributed by atoms with van der Waals surface area (Å²) in [6.45, 7) is 1.15. The zero-order valence-electron chi connectivity index (χ0n) is 15.6. The topological polar surface area (TPSA) is 58.4 Å². The van der Waals surface area contributed by atoms with Crippen molar-refractivity contribution in [2.45, 2.75) is 18.6 Å². The van der Waals surface area contributed by atoms with Gasteiger partial charge in [-0.25, -0.2) is 4.39 Å². The fourth-order valence-electron chi connectivity index (χ4n) is 4.34. The smallest absolute Gasteiger partial charge is 0.271 e. The van der Waals surface area contributed by atoms with E-state index in [1.807, 2.05) is 35.0 Å². The van der Waals surface area contributed by atoms with Gasteiger partial charge in [0.1, 0.15) is 11.5 Å². The van der Waals surface area contributed by atoms with E-state index in [-0.39, 0.29) is 29.5 Å². The molecule has 0 bridgehead atoms. The van der Waals surface area contributed by atoms with Crippen molar-refractivity contribution >= 4 is 11.8 Å². The number of amides is 2. The van der Waals surface area contributed by atoms with Gasteiger partial charge in [-0.1, -0.05) is 18.2 Å². The van der Waals surface area contributed by atoms with E-state index in [2.05, 4.69) is 4.98 Å². The molecule has 0 radical (unpaired) electrons. The molecule has 0 spiro atoms. The Hall–Kier alpha value is -3.48. The SMILES string of the molecule is O=C(c1ccccc1F)N1C[C@@H]2[C@H](C1)n1cccc1C(=O)N2Cc1ccccn1. The number of pyridine rings is 1. The van der Waals surface area contributed by atoms with Crippen molar-refractivity contribution in [2.75, 3.05) is 13.1 Å². The van der Waals surface area contributed by atoms with Gasteiger partial charge in [0, 0.05) is 25.5 Å². The average Bonchev–Trinajstić information content (AvgIpc) is 3.39. The number of likely N-dealkylation sites (tertiary alicyclic amines) is 1. The molecule has 2 amide bonds. The molecule has 0 unspecified atom stereocenters. The fourth-order valence-corrected chi connectivity index (χ4v) is 4.34. The first-order chi connectivity index (χ1) is 14.1. The summed E-state index contributed by atoms with van der Waals surface area (Å²) in [6, 6.07) is 15.0. The number of hydrogen-bond acceptors (Lipinski definition) is 3. The van der Waals surface area contributed by atoms with Gasteiger partial charge in [-0.15, -0.1) is 0 Å². The molecule has 2 aromatic heterocycles. The summed E-state index contributed by atoms with van der Waals surface area (Å²) in [5.74, 6) is -0.964. The lowest BCUT2D eigenvalue weighted by atomic mass is 10.1. The molecule has 146 valence electrons. The third-order valence-corrected chi connectivity index (χ3v) is 5.73. The standard InChI is InChI=1S/C22H19FN4O2/c23-17-8-2-1-7-16(17)21(28)25-13-19-20(14-25)27(12-15-6-3-4-10-24-15)22(29)18-9-5-11-26(18)19/h1-11,19-20H,12-14H2/t19-,20+/m0/s1. The summed E-state index contributed by atoms with van der Waals surface area (Å²) in [7, 11) is 0. The summed E-state index contributed by atoms with van der Waals surface area (Å²) in [5.41, 5.74) is 1.45. The van der Waals surface area contributed by atoms with Gasteiger partial charge in [0.25, 0.3) is 11.8 Å². The van der Waals surface area contributed by atoms with E-state index in [1.54, 1.807) is 34.2 Å². The highest BCUT2D eigenvalue weighted by Crippen LogP contribution is 2.35. The number of aromatic nitrogens is 2. The van der Waals surface area contributed by atoms with E-state index in [0.717, 1.165) is 5.69 Å². The van der Waals surface area contributed by atoms with Crippen molar-refractivity contribution in [2.24, 2.45) is 0 Å². The number of fused-ring (bicyclic) bond motifs is 3. The molecule has 6 nitrogen and oxygen atoms in total. The monoisotopic (exact) mass is 390 g/mol. The normalized spacial score (nSPS) is 20.5. The van der Waals surface area contributed by atoms with Gasteiger partial charge >= 0.3 is 0 Å². The van der Waals surface area contributed by atoms with Gasteiger partial charge in [0.15, 0.2) is 0 Å². The number of rotatable bonds is 3. The second kappa shape index (κ2) is 6.84. The second-order valence-electron chi connectivity index (χ2n) is 7.38. The highest BCUT2D eigenvalue weighted by atomic mass is 19.1. The Kier molecular flexibility index (Phi) is 4.16. The van der Waals surface area contributed by atoms with Gasteiger partial charge in [-0.2, -0.15) is 0 Å². The maximum Gasteiger partial charge on any atom is 0.271 e. The molecule has 4 heterocycles. The van der Waals surface area contributed by atoms with Crippen LogP contribution in [0.5, 0.6) is 0 Å². The Morgan fingerprint density at radius 2 is 1.83 bits per heavy atom. The van der Waals surface area contributed by atoms with Gasteiger partial charge in [0.05, 0.1) is 29.9 Å². The largest absolute Gasteiger partial charge is 0.337 e. The van der Waals surface area contributed by atoms with Crippen LogP contribution in [0.15, 0.2) is 67.0 Å². The highest BCUT2D eigenvalue weighted by molar-refractivity contribution is 5.96. The van der Waals surface area contributed by atoms with Crippen molar-refractivity contribution in [3.63, 3.8) is 0 Å². The van der Waals surface area contributed by atoms with E-state index in [0.29, 0.717) is 25.3 Å². The first-order valence-corrected chi connectivity index (χ1v) is 9.55. The minimum atomic E-state index is -0.532. The quantitative estimate of drug-likeness (QED) is 0.691. The number of carbonyl (C=O) groups excluding carboxylic acids is 2. The van der Waals surface area contributed by atoms with Crippen LogP contribution in [0.3, 0.4) is 0 Å². The minimum absolute atomic E-state index is 0.0569. The van der Waals surface area contributed by atoms with Crippen molar-refractivity contribution < 1.29 is 14.0 Å². The number of nitrogens with zero attached hydrogens (tertiary/aromatic N) is 4. The molecule has 3 aromatic rings. The van der Waals surface area contributed by atoms with Crippen LogP contribution in [-0.2, 0) is 6.54 Å². The fraction of sp³-hybridized carbons (Fsp3) is 0.227. The molecule has 0 N–H and O–H groups in total. The lowest BCUT2D eigenvalue weighted by molar-refractivity contribution is 0.0547. The molecule has 1 aromatic carbocycles. The molecule has 0 aliphatic carbocycles. The van der Waals surface area contributed by atoms with Crippen molar-refractivity contribution in [1.82, 2.24) is 19.4 Å². The van der Waals surface area contributed by atoms with E-state index >= 15 is 0 Å². The predicted octanol–water partition coefficient (Wildman–Crippen LogP) is 2.74. The highest BCUT2D eigenvalue weighted by Gasteiger charge is 2.46. The summed E-state index contributed by atoms with van der Waals surface area (Å²) in [6.07, 6.45) is 3.58. The maximum atomic E-state index is 14.2. The second-order valence-corrected chi connectivity index (χ2v) is 7.38. The molecular formula is C22H19FN4O2. The van der Waals surface area contributed by atoms with E-state index in [4.69, 9.17) is 0 Å². The Morgan fingerprint density at radius 1 is 1.03 bits per heavy atom. The van der Waals surface area contributed by atoms with E-state index in [9.17, 15) is 14.0 Å². The van der Waals surface area contributed by atoms with Crippen molar-refractivity contribution in [1.29, 1.82) is 0 Å². The average molecular weight is 390 g/mol. The number of halogens is 1. The maximum absolute atomic E-state index is 14.2. The Balaban J connectivity index is 1.48. The molecular weight excluding hydrogens is 371 g/mol. The van der Waals surface area contributed by atoms with Gasteiger partial charge < -0.3 is 14.4 Å². The Morgan fingerprint density at radius 3 is 2.62 bits per heavy atom. The molecule has 1 saturated heterocycles. The van der Waals surface area contributed by atoms with Crippen LogP contribution in [0.1, 0.15) is 32.6 Å². The molecule has 2 aliphatic heterocycles. The molecule has 29 heavy (non-hydrogen) atoms. The third-order valence-electron chi connectivity index (χ3n) is 5.73. The molecule has 2 atom stereocenters. The molecule has 0 saturated carbocycles. The number of hydrogen-bond donors (Lipinski definition) is 0. The zero-order chi connectivity index (χ0) is 20.0. The van der Waals surface area contributed by atoms with Gasteiger partial charge in [-0.3, -0.25) is 14.6 Å². The molecule has 2 aliphatic rings. The molecule has 5 rings (SSSR count). The van der Waals surface area contributed by atoms with Crippen molar-refractivity contribution in [3.05, 3.63) is 89.8 Å². The first kappa shape index (κ1) is 17.6. The van der Waals surface area contributed by atoms with Crippen LogP contribution >= 0.6 is 0 Å². The van der Waals surface area contributed by atoms with Gasteiger partial charge in [0.2, 0.25) is 0 Å². The van der Waals surface area contributed by atoms with Crippen molar-refractivity contribution in [3.8, 4) is 0 Å². The van der Waals surface area contributed by atoms with Crippen LogP contribution in [0, 0.1) is 5.82 Å². The zero-order valence-corrected chi connectivity index (χ0v) is 15.6. The van der Waals surface area contributed by atoms with Crippen LogP contribution in [0.25, 0.3) is 0 Å². The summed E-state index contributed by atoms with van der Waals surface area (Å²) < 4.78 is 16.1. The Labute approximate surface area is 167 Å². The Bertz CT molecular complexity index is 1080. The lowest BCUT2D eigenvalue weighted by Gasteiger charge is -2.37. The van der Waals surface area contributed by atoms with Gasteiger partial charge in [-0.05, 0) is 36.4 Å². The van der Waals surface area contributed by atoms with Crippen LogP contribution in [0.2, 0.25) is 0 Å². The van der Waals surface area contributed by atoms with E-state index < -0.39 is 5.82 Å². The third kappa shape index (κ3) is 2.90. The molecule has 7 heteroatoms. The number of benzene rings is 1. The molecule has 1 fully saturated rings. The minimum Gasteiger partial charge on any atom is -0.337 e.